The average molecular weight is 515 g/mol. The molecule has 0 aromatic heterocycles. The van der Waals surface area contributed by atoms with Crippen molar-refractivity contribution in [3.8, 4) is 0 Å². The van der Waals surface area contributed by atoms with Gasteiger partial charge in [0.25, 0.3) is 0 Å². The van der Waals surface area contributed by atoms with E-state index in [0.717, 1.165) is 31.3 Å². The van der Waals surface area contributed by atoms with Crippen LogP contribution >= 0.6 is 18.9 Å². The zero-order valence-electron chi connectivity index (χ0n) is 22.8. The molecule has 0 aromatic carbocycles. The number of hydrogen-bond donors (Lipinski definition) is 0. The molecule has 0 radical (unpaired) electrons. The van der Waals surface area contributed by atoms with Crippen LogP contribution in [0.2, 0.25) is 0 Å². The van der Waals surface area contributed by atoms with Crippen LogP contribution in [0.25, 0.3) is 0 Å². The topological polar surface area (TPSA) is 61.8 Å². The summed E-state index contributed by atoms with van der Waals surface area (Å²) in [7, 11) is 4.60. The van der Waals surface area contributed by atoms with Crippen molar-refractivity contribution < 1.29 is 23.4 Å². The van der Waals surface area contributed by atoms with E-state index < -0.39 is 11.5 Å². The Labute approximate surface area is 212 Å². The molecule has 0 N–H and O–H groups in total. The minimum atomic E-state index is -0.874. The molecule has 7 heteroatoms. The fourth-order valence-electron chi connectivity index (χ4n) is 6.40. The number of esters is 1. The Hall–Kier alpha value is -0.340. The quantitative estimate of drug-likeness (QED) is 0.238. The number of hydrogen-bond acceptors (Lipinski definition) is 5. The number of Topliss-reactive ketones (excluding diaryl/α,β-unsaturated/α-hetero) is 1. The van der Waals surface area contributed by atoms with Gasteiger partial charge in [-0.3, -0.25) is 9.59 Å². The zero-order valence-corrected chi connectivity index (χ0v) is 25.1. The molecule has 2 fully saturated rings. The number of carbonyl (C=O) groups excluding carboxylic acids is 2. The summed E-state index contributed by atoms with van der Waals surface area (Å²) in [5.74, 6) is 0.105. The van der Waals surface area contributed by atoms with Gasteiger partial charge in [-0.2, -0.15) is 0 Å². The van der Waals surface area contributed by atoms with Crippen LogP contribution in [-0.4, -0.2) is 30.1 Å². The van der Waals surface area contributed by atoms with Gasteiger partial charge in [0.15, 0.2) is 0 Å². The summed E-state index contributed by atoms with van der Waals surface area (Å²) >= 11 is 0. The second-order valence-corrected chi connectivity index (χ2v) is 12.7. The lowest BCUT2D eigenvalue weighted by Gasteiger charge is -2.37. The predicted octanol–water partition coefficient (Wildman–Crippen LogP) is 6.71. The summed E-state index contributed by atoms with van der Waals surface area (Å²) in [6, 6.07) is 0. The average Bonchev–Trinajstić information content (AvgIpc) is 3.19. The van der Waals surface area contributed by atoms with Crippen molar-refractivity contribution in [3.05, 3.63) is 11.6 Å². The molecule has 2 aliphatic rings. The van der Waals surface area contributed by atoms with Crippen molar-refractivity contribution in [2.45, 2.75) is 113 Å². The van der Waals surface area contributed by atoms with E-state index in [0.29, 0.717) is 5.92 Å². The Morgan fingerprint density at radius 3 is 2.24 bits per heavy atom. The lowest BCUT2D eigenvalue weighted by Crippen LogP contribution is -2.46. The van der Waals surface area contributed by atoms with Gasteiger partial charge in [0, 0.05) is 24.9 Å². The standard InChI is InChI=1S/C27H48O5P2/c1-10-16(2)19-14-20-26(7,8)27(20,9)13-11-12-17(3)23(32-34)18(4)24(29)25(5,6)21(31-33)15-22(28)30-19/h10,17-21,23H,11-15,33-34H2,1-9H3/b16-10+. The van der Waals surface area contributed by atoms with E-state index in [1.165, 1.54) is 0 Å². The lowest BCUT2D eigenvalue weighted by molar-refractivity contribution is -0.153. The monoisotopic (exact) mass is 514 g/mol. The van der Waals surface area contributed by atoms with E-state index >= 15 is 0 Å². The molecule has 9 atom stereocenters. The minimum Gasteiger partial charge on any atom is -0.458 e. The van der Waals surface area contributed by atoms with Crippen LogP contribution in [0.15, 0.2) is 11.6 Å². The van der Waals surface area contributed by atoms with E-state index in [1.54, 1.807) is 0 Å². The Kier molecular flexibility index (Phi) is 9.99. The molecule has 1 saturated carbocycles. The summed E-state index contributed by atoms with van der Waals surface area (Å²) in [5.41, 5.74) is 0.590. The van der Waals surface area contributed by atoms with Crippen LogP contribution in [0.3, 0.4) is 0 Å². The molecule has 1 heterocycles. The first-order valence-corrected chi connectivity index (χ1v) is 13.7. The third kappa shape index (κ3) is 5.80. The summed E-state index contributed by atoms with van der Waals surface area (Å²) in [5, 5.41) is 0. The molecule has 2 rings (SSSR count). The normalized spacial score (nSPS) is 39.8. The Morgan fingerprint density at radius 2 is 1.71 bits per heavy atom. The van der Waals surface area contributed by atoms with Gasteiger partial charge in [0.05, 0.1) is 24.0 Å². The number of allylic oxidation sites excluding steroid dienone is 1. The zero-order chi connectivity index (χ0) is 26.1. The summed E-state index contributed by atoms with van der Waals surface area (Å²) < 4.78 is 17.5. The van der Waals surface area contributed by atoms with Crippen LogP contribution in [0.4, 0.5) is 0 Å². The summed E-state index contributed by atoms with van der Waals surface area (Å²) in [6.07, 6.45) is 5.01. The van der Waals surface area contributed by atoms with Crippen molar-refractivity contribution in [2.24, 2.45) is 34.0 Å². The molecule has 34 heavy (non-hydrogen) atoms. The molecule has 0 spiro atoms. The molecule has 5 nitrogen and oxygen atoms in total. The number of ketones is 1. The van der Waals surface area contributed by atoms with Gasteiger partial charge in [-0.05, 0) is 61.3 Å². The van der Waals surface area contributed by atoms with E-state index in [9.17, 15) is 9.59 Å². The van der Waals surface area contributed by atoms with E-state index in [1.807, 2.05) is 40.7 Å². The van der Waals surface area contributed by atoms with Gasteiger partial charge in [0.1, 0.15) is 11.9 Å². The molecule has 0 aromatic rings. The van der Waals surface area contributed by atoms with Gasteiger partial charge >= 0.3 is 5.97 Å². The van der Waals surface area contributed by atoms with Gasteiger partial charge in [0.2, 0.25) is 0 Å². The maximum absolute atomic E-state index is 13.6. The number of fused-ring (bicyclic) bond motifs is 1. The molecule has 1 saturated heterocycles. The molecular formula is C27H48O5P2. The Balaban J connectivity index is 2.42. The lowest BCUT2D eigenvalue weighted by atomic mass is 9.73. The third-order valence-corrected chi connectivity index (χ3v) is 10.3. The molecule has 196 valence electrons. The molecule has 9 unspecified atom stereocenters. The third-order valence-electron chi connectivity index (χ3n) is 9.65. The molecule has 1 aliphatic heterocycles. The van der Waals surface area contributed by atoms with Crippen LogP contribution in [0.1, 0.15) is 94.4 Å². The van der Waals surface area contributed by atoms with Crippen LogP contribution in [0.5, 0.6) is 0 Å². The second kappa shape index (κ2) is 11.4. The van der Waals surface area contributed by atoms with E-state index in [-0.39, 0.29) is 53.0 Å². The van der Waals surface area contributed by atoms with Crippen LogP contribution < -0.4 is 0 Å². The summed E-state index contributed by atoms with van der Waals surface area (Å²) in [6.45, 7) is 18.9. The first kappa shape index (κ1) is 29.9. The maximum atomic E-state index is 13.6. The maximum Gasteiger partial charge on any atom is 0.309 e. The fraction of sp³-hybridized carbons (Fsp3) is 0.852. The van der Waals surface area contributed by atoms with Crippen molar-refractivity contribution >= 4 is 30.7 Å². The van der Waals surface area contributed by atoms with Gasteiger partial charge in [-0.1, -0.05) is 61.0 Å². The highest BCUT2D eigenvalue weighted by atomic mass is 31.0. The van der Waals surface area contributed by atoms with Crippen LogP contribution in [-0.2, 0) is 23.4 Å². The van der Waals surface area contributed by atoms with Gasteiger partial charge < -0.3 is 13.8 Å². The van der Waals surface area contributed by atoms with Crippen molar-refractivity contribution in [1.82, 2.24) is 0 Å². The predicted molar refractivity (Wildman–Crippen MR) is 144 cm³/mol. The molecule has 0 amide bonds. The SMILES string of the molecule is C/C=C(\C)C1CC2C(C)(C)C2(C)CCCC(C)C(OP)C(C)C(=O)C(C)(C)C(OP)CC(=O)O1. The second-order valence-electron chi connectivity index (χ2n) is 12.1. The molecule has 1 aliphatic carbocycles. The van der Waals surface area contributed by atoms with Crippen LogP contribution in [0, 0.1) is 34.0 Å². The number of ether oxygens (including phenoxy) is 1. The molecule has 0 bridgehead atoms. The highest BCUT2D eigenvalue weighted by molar-refractivity contribution is 7.10. The van der Waals surface area contributed by atoms with E-state index in [4.69, 9.17) is 13.8 Å². The summed E-state index contributed by atoms with van der Waals surface area (Å²) in [4.78, 5) is 26.7. The first-order chi connectivity index (χ1) is 15.7. The number of rotatable bonds is 3. The molecular weight excluding hydrogens is 466 g/mol. The van der Waals surface area contributed by atoms with Gasteiger partial charge in [-0.15, -0.1) is 0 Å². The largest absolute Gasteiger partial charge is 0.458 e. The first-order valence-electron chi connectivity index (χ1n) is 12.8. The van der Waals surface area contributed by atoms with Gasteiger partial charge in [-0.25, -0.2) is 0 Å². The highest BCUT2D eigenvalue weighted by Crippen LogP contribution is 2.72. The Bertz CT molecular complexity index is 777. The van der Waals surface area contributed by atoms with Crippen molar-refractivity contribution in [2.75, 3.05) is 0 Å². The number of carbonyl (C=O) groups is 2. The van der Waals surface area contributed by atoms with Crippen molar-refractivity contribution in [1.29, 1.82) is 0 Å². The Morgan fingerprint density at radius 1 is 1.09 bits per heavy atom. The van der Waals surface area contributed by atoms with E-state index in [2.05, 4.69) is 46.6 Å². The number of cyclic esters (lactones) is 1. The van der Waals surface area contributed by atoms with Crippen molar-refractivity contribution in [3.63, 3.8) is 0 Å². The minimum absolute atomic E-state index is 0.0235. The fourth-order valence-corrected chi connectivity index (χ4v) is 7.34. The highest BCUT2D eigenvalue weighted by Gasteiger charge is 2.67. The smallest absolute Gasteiger partial charge is 0.309 e.